The Morgan fingerprint density at radius 2 is 1.90 bits per heavy atom. The van der Waals surface area contributed by atoms with Gasteiger partial charge in [0.05, 0.1) is 0 Å². The summed E-state index contributed by atoms with van der Waals surface area (Å²) in [6.07, 6.45) is 0.903. The Hall–Kier alpha value is -1.56. The van der Waals surface area contributed by atoms with Gasteiger partial charge >= 0.3 is 0 Å². The van der Waals surface area contributed by atoms with Crippen molar-refractivity contribution < 1.29 is 4.79 Å². The first-order valence-corrected chi connectivity index (χ1v) is 7.62. The highest BCUT2D eigenvalue weighted by Crippen LogP contribution is 2.20. The smallest absolute Gasteiger partial charge is 0.258 e. The lowest BCUT2D eigenvalue weighted by Crippen LogP contribution is -2.31. The van der Waals surface area contributed by atoms with Gasteiger partial charge in [-0.3, -0.25) is 4.79 Å². The van der Waals surface area contributed by atoms with Crippen LogP contribution in [0.25, 0.3) is 0 Å². The molecular weight excluding hydrogens is 363 g/mol. The average Bonchev–Trinajstić information content (AvgIpc) is 2.45. The van der Waals surface area contributed by atoms with Crippen LogP contribution in [0.15, 0.2) is 48.5 Å². The van der Waals surface area contributed by atoms with Gasteiger partial charge in [0, 0.05) is 27.1 Å². The lowest BCUT2D eigenvalue weighted by atomic mass is 10.1. The van der Waals surface area contributed by atoms with Gasteiger partial charge in [0.2, 0.25) is 0 Å². The molecule has 0 heterocycles. The van der Waals surface area contributed by atoms with E-state index >= 15 is 0 Å². The number of carbonyl (C=O) groups excluding carboxylic acids is 1. The Bertz CT molecular complexity index is 596. The number of benzene rings is 2. The molecule has 4 heteroatoms. The van der Waals surface area contributed by atoms with E-state index in [1.807, 2.05) is 48.5 Å². The average molecular weight is 380 g/mol. The molecule has 0 unspecified atom stereocenters. The summed E-state index contributed by atoms with van der Waals surface area (Å²) in [5, 5.41) is 0. The van der Waals surface area contributed by atoms with E-state index in [1.54, 1.807) is 4.90 Å². The second kappa shape index (κ2) is 6.74. The van der Waals surface area contributed by atoms with Gasteiger partial charge < -0.3 is 10.6 Å². The van der Waals surface area contributed by atoms with Crippen LogP contribution in [0.2, 0.25) is 0 Å². The van der Waals surface area contributed by atoms with Gasteiger partial charge in [-0.1, -0.05) is 13.0 Å². The van der Waals surface area contributed by atoms with Gasteiger partial charge in [-0.15, -0.1) is 0 Å². The number of nitrogens with two attached hydrogens (primary N) is 1. The number of hydrogen-bond donors (Lipinski definition) is 1. The lowest BCUT2D eigenvalue weighted by molar-refractivity contribution is 0.0987. The molecular formula is C16H17IN2O. The summed E-state index contributed by atoms with van der Waals surface area (Å²) < 4.78 is 1.06. The van der Waals surface area contributed by atoms with Crippen LogP contribution in [0.1, 0.15) is 23.7 Å². The molecule has 0 fully saturated rings. The lowest BCUT2D eigenvalue weighted by Gasteiger charge is -2.22. The van der Waals surface area contributed by atoms with Crippen molar-refractivity contribution in [1.82, 2.24) is 0 Å². The van der Waals surface area contributed by atoms with Crippen molar-refractivity contribution in [2.75, 3.05) is 17.2 Å². The second-order valence-corrected chi connectivity index (χ2v) is 5.80. The number of anilines is 2. The molecule has 0 saturated carbocycles. The van der Waals surface area contributed by atoms with Crippen LogP contribution in [-0.4, -0.2) is 12.5 Å². The number of carbonyl (C=O) groups is 1. The number of nitrogen functional groups attached to an aromatic ring is 1. The van der Waals surface area contributed by atoms with Crippen LogP contribution in [0.3, 0.4) is 0 Å². The summed E-state index contributed by atoms with van der Waals surface area (Å²) >= 11 is 2.22. The van der Waals surface area contributed by atoms with Crippen LogP contribution in [0.4, 0.5) is 11.4 Å². The highest BCUT2D eigenvalue weighted by Gasteiger charge is 2.16. The van der Waals surface area contributed by atoms with Gasteiger partial charge in [-0.25, -0.2) is 0 Å². The zero-order valence-corrected chi connectivity index (χ0v) is 13.5. The largest absolute Gasteiger partial charge is 0.399 e. The molecule has 1 amide bonds. The molecule has 0 spiro atoms. The number of hydrogen-bond acceptors (Lipinski definition) is 2. The third kappa shape index (κ3) is 3.50. The minimum absolute atomic E-state index is 0.0233. The highest BCUT2D eigenvalue weighted by atomic mass is 127. The molecule has 20 heavy (non-hydrogen) atoms. The molecule has 0 aromatic heterocycles. The van der Waals surface area contributed by atoms with Crippen LogP contribution in [-0.2, 0) is 0 Å². The van der Waals surface area contributed by atoms with E-state index in [1.165, 1.54) is 0 Å². The van der Waals surface area contributed by atoms with Crippen LogP contribution in [0.5, 0.6) is 0 Å². The van der Waals surface area contributed by atoms with Gasteiger partial charge in [-0.2, -0.15) is 0 Å². The van der Waals surface area contributed by atoms with Crippen molar-refractivity contribution in [3.8, 4) is 0 Å². The molecule has 104 valence electrons. The van der Waals surface area contributed by atoms with Crippen molar-refractivity contribution in [3.63, 3.8) is 0 Å². The summed E-state index contributed by atoms with van der Waals surface area (Å²) in [6, 6.07) is 15.0. The van der Waals surface area contributed by atoms with E-state index in [9.17, 15) is 4.79 Å². The van der Waals surface area contributed by atoms with Crippen LogP contribution in [0, 0.1) is 3.57 Å². The summed E-state index contributed by atoms with van der Waals surface area (Å²) in [6.45, 7) is 2.75. The maximum Gasteiger partial charge on any atom is 0.258 e. The second-order valence-electron chi connectivity index (χ2n) is 4.56. The maximum absolute atomic E-state index is 12.7. The molecule has 0 saturated heterocycles. The Morgan fingerprint density at radius 1 is 1.20 bits per heavy atom. The van der Waals surface area contributed by atoms with Crippen molar-refractivity contribution in [2.45, 2.75) is 13.3 Å². The molecule has 0 atom stereocenters. The Morgan fingerprint density at radius 3 is 2.50 bits per heavy atom. The van der Waals surface area contributed by atoms with E-state index in [-0.39, 0.29) is 5.91 Å². The third-order valence-electron chi connectivity index (χ3n) is 2.97. The number of rotatable bonds is 4. The summed E-state index contributed by atoms with van der Waals surface area (Å²) in [4.78, 5) is 14.5. The topological polar surface area (TPSA) is 46.3 Å². The normalized spacial score (nSPS) is 10.3. The first-order chi connectivity index (χ1) is 9.61. The Kier molecular flexibility index (Phi) is 5.00. The first kappa shape index (κ1) is 14.8. The summed E-state index contributed by atoms with van der Waals surface area (Å²) in [7, 11) is 0. The van der Waals surface area contributed by atoms with Gasteiger partial charge in [0.1, 0.15) is 0 Å². The van der Waals surface area contributed by atoms with Crippen molar-refractivity contribution in [3.05, 3.63) is 57.7 Å². The molecule has 0 aliphatic carbocycles. The van der Waals surface area contributed by atoms with Crippen molar-refractivity contribution in [2.24, 2.45) is 0 Å². The molecule has 0 radical (unpaired) electrons. The molecule has 2 aromatic rings. The fourth-order valence-electron chi connectivity index (χ4n) is 2.00. The Balaban J connectivity index is 2.33. The minimum Gasteiger partial charge on any atom is -0.399 e. The molecule has 3 nitrogen and oxygen atoms in total. The quantitative estimate of drug-likeness (QED) is 0.646. The van der Waals surface area contributed by atoms with E-state index in [2.05, 4.69) is 29.5 Å². The fourth-order valence-corrected chi connectivity index (χ4v) is 2.55. The summed E-state index contributed by atoms with van der Waals surface area (Å²) in [5.74, 6) is 0.0233. The zero-order chi connectivity index (χ0) is 14.5. The van der Waals surface area contributed by atoms with Crippen LogP contribution < -0.4 is 10.6 Å². The third-order valence-corrected chi connectivity index (χ3v) is 3.64. The van der Waals surface area contributed by atoms with E-state index in [0.29, 0.717) is 17.8 Å². The molecule has 0 aliphatic heterocycles. The number of nitrogens with zero attached hydrogens (tertiary/aromatic N) is 1. The Labute approximate surface area is 132 Å². The minimum atomic E-state index is 0.0233. The maximum atomic E-state index is 12.7. The van der Waals surface area contributed by atoms with E-state index in [0.717, 1.165) is 15.7 Å². The van der Waals surface area contributed by atoms with E-state index in [4.69, 9.17) is 5.73 Å². The molecule has 0 bridgehead atoms. The van der Waals surface area contributed by atoms with Crippen LogP contribution >= 0.6 is 22.6 Å². The van der Waals surface area contributed by atoms with Crippen molar-refractivity contribution in [1.29, 1.82) is 0 Å². The fraction of sp³-hybridized carbons (Fsp3) is 0.188. The predicted molar refractivity (Wildman–Crippen MR) is 92.0 cm³/mol. The predicted octanol–water partition coefficient (Wildman–Crippen LogP) is 3.93. The molecule has 2 aromatic carbocycles. The SMILES string of the molecule is CCCN(C(=O)c1cccc(I)c1)c1ccc(N)cc1. The zero-order valence-electron chi connectivity index (χ0n) is 11.3. The summed E-state index contributed by atoms with van der Waals surface area (Å²) in [5.41, 5.74) is 7.99. The number of amides is 1. The monoisotopic (exact) mass is 380 g/mol. The van der Waals surface area contributed by atoms with Gasteiger partial charge in [0.15, 0.2) is 0 Å². The number of halogens is 1. The first-order valence-electron chi connectivity index (χ1n) is 6.55. The van der Waals surface area contributed by atoms with E-state index < -0.39 is 0 Å². The molecule has 0 aliphatic rings. The molecule has 2 rings (SSSR count). The molecule has 2 N–H and O–H groups in total. The van der Waals surface area contributed by atoms with Crippen molar-refractivity contribution >= 4 is 39.9 Å². The van der Waals surface area contributed by atoms with Gasteiger partial charge in [-0.05, 0) is 71.5 Å². The van der Waals surface area contributed by atoms with Gasteiger partial charge in [0.25, 0.3) is 5.91 Å². The highest BCUT2D eigenvalue weighted by molar-refractivity contribution is 14.1. The standard InChI is InChI=1S/C16H17IN2O/c1-2-10-19(15-8-6-14(18)7-9-15)16(20)12-4-3-5-13(17)11-12/h3-9,11H,2,10,18H2,1H3.